The summed E-state index contributed by atoms with van der Waals surface area (Å²) in [5.41, 5.74) is 1.59. The molecule has 27 heavy (non-hydrogen) atoms. The topological polar surface area (TPSA) is 47.6 Å². The molecule has 0 spiro atoms. The second-order valence-electron chi connectivity index (χ2n) is 5.73. The van der Waals surface area contributed by atoms with Gasteiger partial charge in [-0.3, -0.25) is 4.79 Å². The molecule has 0 bridgehead atoms. The molecule has 1 amide bonds. The normalized spacial score (nSPS) is 10.3. The number of carbonyl (C=O) groups excluding carboxylic acids is 1. The molecule has 0 saturated heterocycles. The molecule has 0 aliphatic carbocycles. The molecule has 4 nitrogen and oxygen atoms in total. The van der Waals surface area contributed by atoms with Crippen molar-refractivity contribution in [3.05, 3.63) is 88.7 Å². The highest BCUT2D eigenvalue weighted by molar-refractivity contribution is 6.32. The van der Waals surface area contributed by atoms with Crippen LogP contribution in [0.15, 0.2) is 66.7 Å². The first-order valence-electron chi connectivity index (χ1n) is 8.18. The van der Waals surface area contributed by atoms with Crippen molar-refractivity contribution in [3.8, 4) is 11.5 Å². The third-order valence-corrected chi connectivity index (χ3v) is 4.08. The maximum Gasteiger partial charge on any atom is 0.255 e. The zero-order valence-corrected chi connectivity index (χ0v) is 15.3. The van der Waals surface area contributed by atoms with Gasteiger partial charge in [0.1, 0.15) is 12.4 Å². The standard InChI is InChI=1S/C21H17ClFNO3/c1-26-19-11-15(21(25)24-17-9-5-8-16(23)12-17)10-18(22)20(19)27-13-14-6-3-2-4-7-14/h2-12H,13H2,1H3,(H,24,25). The second-order valence-corrected chi connectivity index (χ2v) is 6.14. The molecule has 3 aromatic carbocycles. The van der Waals surface area contributed by atoms with Crippen molar-refractivity contribution in [2.24, 2.45) is 0 Å². The number of halogens is 2. The van der Waals surface area contributed by atoms with Crippen molar-refractivity contribution >= 4 is 23.2 Å². The van der Waals surface area contributed by atoms with E-state index in [1.165, 1.54) is 37.4 Å². The Morgan fingerprint density at radius 2 is 1.85 bits per heavy atom. The lowest BCUT2D eigenvalue weighted by Crippen LogP contribution is -2.12. The van der Waals surface area contributed by atoms with Crippen molar-refractivity contribution in [2.45, 2.75) is 6.61 Å². The Hall–Kier alpha value is -3.05. The predicted octanol–water partition coefficient (Wildman–Crippen LogP) is 5.32. The number of ether oxygens (including phenoxy) is 2. The summed E-state index contributed by atoms with van der Waals surface area (Å²) in [7, 11) is 1.47. The highest BCUT2D eigenvalue weighted by atomic mass is 35.5. The number of amides is 1. The Morgan fingerprint density at radius 3 is 2.56 bits per heavy atom. The Morgan fingerprint density at radius 1 is 1.07 bits per heavy atom. The van der Waals surface area contributed by atoms with Crippen molar-refractivity contribution in [3.63, 3.8) is 0 Å². The molecule has 6 heteroatoms. The van der Waals surface area contributed by atoms with E-state index < -0.39 is 11.7 Å². The second kappa shape index (κ2) is 8.56. The van der Waals surface area contributed by atoms with Crippen LogP contribution in [0.3, 0.4) is 0 Å². The summed E-state index contributed by atoms with van der Waals surface area (Å²) in [6.45, 7) is 0.311. The molecule has 0 unspecified atom stereocenters. The highest BCUT2D eigenvalue weighted by Crippen LogP contribution is 2.37. The molecule has 0 radical (unpaired) electrons. The summed E-state index contributed by atoms with van der Waals surface area (Å²) in [5.74, 6) is -0.184. The summed E-state index contributed by atoms with van der Waals surface area (Å²) in [5, 5.41) is 2.87. The molecule has 1 N–H and O–H groups in total. The summed E-state index contributed by atoms with van der Waals surface area (Å²) in [4.78, 5) is 12.4. The number of hydrogen-bond acceptors (Lipinski definition) is 3. The molecule has 0 aromatic heterocycles. The number of benzene rings is 3. The van der Waals surface area contributed by atoms with Gasteiger partial charge in [0.25, 0.3) is 5.91 Å². The minimum absolute atomic E-state index is 0.245. The summed E-state index contributed by atoms with van der Waals surface area (Å²) in [6.07, 6.45) is 0. The van der Waals surface area contributed by atoms with E-state index in [2.05, 4.69) is 5.32 Å². The average Bonchev–Trinajstić information content (AvgIpc) is 2.67. The zero-order valence-electron chi connectivity index (χ0n) is 14.5. The average molecular weight is 386 g/mol. The van der Waals surface area contributed by atoms with Gasteiger partial charge in [-0.25, -0.2) is 4.39 Å². The molecule has 0 saturated carbocycles. The van der Waals surface area contributed by atoms with Crippen LogP contribution in [0, 0.1) is 5.82 Å². The van der Waals surface area contributed by atoms with Crippen LogP contribution in [0.25, 0.3) is 0 Å². The van der Waals surface area contributed by atoms with Gasteiger partial charge in [-0.1, -0.05) is 48.0 Å². The van der Waals surface area contributed by atoms with Gasteiger partial charge in [-0.15, -0.1) is 0 Å². The first-order valence-corrected chi connectivity index (χ1v) is 8.56. The molecule has 0 aliphatic rings. The van der Waals surface area contributed by atoms with Gasteiger partial charge in [-0.2, -0.15) is 0 Å². The number of nitrogens with one attached hydrogen (secondary N) is 1. The van der Waals surface area contributed by atoms with Gasteiger partial charge >= 0.3 is 0 Å². The summed E-state index contributed by atoms with van der Waals surface area (Å²) < 4.78 is 24.4. The lowest BCUT2D eigenvalue weighted by molar-refractivity contribution is 0.102. The van der Waals surface area contributed by atoms with E-state index in [0.717, 1.165) is 5.56 Å². The number of hydrogen-bond donors (Lipinski definition) is 1. The van der Waals surface area contributed by atoms with Crippen LogP contribution < -0.4 is 14.8 Å². The first-order chi connectivity index (χ1) is 13.1. The fourth-order valence-electron chi connectivity index (χ4n) is 2.49. The Kier molecular flexibility index (Phi) is 5.94. The molecular weight excluding hydrogens is 369 g/mol. The van der Waals surface area contributed by atoms with Crippen LogP contribution in [-0.4, -0.2) is 13.0 Å². The molecule has 0 heterocycles. The monoisotopic (exact) mass is 385 g/mol. The van der Waals surface area contributed by atoms with E-state index in [9.17, 15) is 9.18 Å². The van der Waals surface area contributed by atoms with Gasteiger partial charge in [-0.05, 0) is 35.9 Å². The number of anilines is 1. The van der Waals surface area contributed by atoms with Crippen LogP contribution in [0.5, 0.6) is 11.5 Å². The van der Waals surface area contributed by atoms with Gasteiger partial charge in [0.2, 0.25) is 0 Å². The number of carbonyl (C=O) groups is 1. The minimum Gasteiger partial charge on any atom is -0.493 e. The van der Waals surface area contributed by atoms with Gasteiger partial charge in [0.15, 0.2) is 11.5 Å². The van der Waals surface area contributed by atoms with E-state index in [0.29, 0.717) is 23.8 Å². The minimum atomic E-state index is -0.437. The van der Waals surface area contributed by atoms with E-state index in [1.54, 1.807) is 6.07 Å². The van der Waals surface area contributed by atoms with Crippen LogP contribution in [0.4, 0.5) is 10.1 Å². The first kappa shape index (κ1) is 18.7. The third-order valence-electron chi connectivity index (χ3n) is 3.80. The van der Waals surface area contributed by atoms with Crippen LogP contribution >= 0.6 is 11.6 Å². The SMILES string of the molecule is COc1cc(C(=O)Nc2cccc(F)c2)cc(Cl)c1OCc1ccccc1. The molecule has 0 aliphatic heterocycles. The molecule has 138 valence electrons. The maximum atomic E-state index is 13.3. The van der Waals surface area contributed by atoms with E-state index in [4.69, 9.17) is 21.1 Å². The van der Waals surface area contributed by atoms with E-state index in [-0.39, 0.29) is 10.6 Å². The Labute approximate surface area is 161 Å². The van der Waals surface area contributed by atoms with Gasteiger partial charge in [0, 0.05) is 11.3 Å². The molecule has 3 rings (SSSR count). The Bertz CT molecular complexity index is 947. The van der Waals surface area contributed by atoms with Gasteiger partial charge in [0.05, 0.1) is 12.1 Å². The van der Waals surface area contributed by atoms with Crippen molar-refractivity contribution in [2.75, 3.05) is 12.4 Å². The maximum absolute atomic E-state index is 13.3. The molecular formula is C21H17ClFNO3. The summed E-state index contributed by atoms with van der Waals surface area (Å²) in [6, 6.07) is 18.3. The van der Waals surface area contributed by atoms with Crippen molar-refractivity contribution in [1.29, 1.82) is 0 Å². The lowest BCUT2D eigenvalue weighted by Gasteiger charge is -2.14. The van der Waals surface area contributed by atoms with Crippen molar-refractivity contribution < 1.29 is 18.7 Å². The lowest BCUT2D eigenvalue weighted by atomic mass is 10.1. The van der Waals surface area contributed by atoms with E-state index >= 15 is 0 Å². The van der Waals surface area contributed by atoms with Crippen LogP contribution in [0.2, 0.25) is 5.02 Å². The van der Waals surface area contributed by atoms with Crippen LogP contribution in [-0.2, 0) is 6.61 Å². The smallest absolute Gasteiger partial charge is 0.255 e. The predicted molar refractivity (Wildman–Crippen MR) is 103 cm³/mol. The van der Waals surface area contributed by atoms with Crippen molar-refractivity contribution in [1.82, 2.24) is 0 Å². The zero-order chi connectivity index (χ0) is 19.2. The number of rotatable bonds is 6. The van der Waals surface area contributed by atoms with E-state index in [1.807, 2.05) is 30.3 Å². The fourth-order valence-corrected chi connectivity index (χ4v) is 2.76. The Balaban J connectivity index is 1.79. The van der Waals surface area contributed by atoms with Gasteiger partial charge < -0.3 is 14.8 Å². The molecule has 0 atom stereocenters. The molecule has 0 fully saturated rings. The van der Waals surface area contributed by atoms with Crippen LogP contribution in [0.1, 0.15) is 15.9 Å². The quantitative estimate of drug-likeness (QED) is 0.624. The number of methoxy groups -OCH3 is 1. The highest BCUT2D eigenvalue weighted by Gasteiger charge is 2.16. The third kappa shape index (κ3) is 4.77. The largest absolute Gasteiger partial charge is 0.493 e. The summed E-state index contributed by atoms with van der Waals surface area (Å²) >= 11 is 6.31. The fraction of sp³-hybridized carbons (Fsp3) is 0.0952. The molecule has 3 aromatic rings.